The van der Waals surface area contributed by atoms with E-state index in [9.17, 15) is 14.4 Å². The summed E-state index contributed by atoms with van der Waals surface area (Å²) < 4.78 is 0. The summed E-state index contributed by atoms with van der Waals surface area (Å²) in [5.74, 6) is -0.542. The highest BCUT2D eigenvalue weighted by molar-refractivity contribution is 5.89. The smallest absolute Gasteiger partial charge is 0.332 e. The first-order chi connectivity index (χ1) is 18.9. The Labute approximate surface area is 229 Å². The maximum Gasteiger partial charge on any atom is 0.332 e. The van der Waals surface area contributed by atoms with Crippen molar-refractivity contribution in [3.63, 3.8) is 0 Å². The summed E-state index contributed by atoms with van der Waals surface area (Å²) in [6.45, 7) is 7.30. The molecule has 0 saturated carbocycles. The first-order valence-corrected chi connectivity index (χ1v) is 13.1. The van der Waals surface area contributed by atoms with Gasteiger partial charge in [0.25, 0.3) is 0 Å². The van der Waals surface area contributed by atoms with Crippen LogP contribution in [0, 0.1) is 6.92 Å². The van der Waals surface area contributed by atoms with Gasteiger partial charge in [0.2, 0.25) is 11.8 Å². The van der Waals surface area contributed by atoms with Gasteiger partial charge in [-0.15, -0.1) is 6.58 Å². The number of hydrogen-bond acceptors (Lipinski definition) is 4. The lowest BCUT2D eigenvalue weighted by atomic mass is 10.0. The number of rotatable bonds is 8. The molecule has 0 spiro atoms. The van der Waals surface area contributed by atoms with Gasteiger partial charge in [0.1, 0.15) is 6.04 Å². The molecule has 1 heterocycles. The zero-order valence-electron chi connectivity index (χ0n) is 22.3. The van der Waals surface area contributed by atoms with Crippen molar-refractivity contribution >= 4 is 17.8 Å². The minimum absolute atomic E-state index is 0.0818. The topological polar surface area (TPSA) is 85.0 Å². The highest BCUT2D eigenvalue weighted by atomic mass is 16.2. The van der Waals surface area contributed by atoms with Crippen molar-refractivity contribution in [2.75, 3.05) is 26.2 Å². The molecule has 3 aromatic carbocycles. The number of amides is 4. The second kappa shape index (κ2) is 13.4. The van der Waals surface area contributed by atoms with E-state index in [-0.39, 0.29) is 30.9 Å². The molecule has 0 bridgehead atoms. The molecule has 4 rings (SSSR count). The van der Waals surface area contributed by atoms with Gasteiger partial charge in [-0.3, -0.25) is 14.6 Å². The lowest BCUT2D eigenvalue weighted by Gasteiger charge is -2.34. The van der Waals surface area contributed by atoms with E-state index < -0.39 is 6.04 Å². The van der Waals surface area contributed by atoms with E-state index in [4.69, 9.17) is 0 Å². The molecule has 0 radical (unpaired) electrons. The molecule has 1 aliphatic heterocycles. The minimum atomic E-state index is -0.830. The third-order valence-electron chi connectivity index (χ3n) is 6.61. The minimum Gasteiger partial charge on any atom is -0.339 e. The van der Waals surface area contributed by atoms with Crippen LogP contribution in [0.2, 0.25) is 0 Å². The molecule has 8 nitrogen and oxygen atoms in total. The van der Waals surface area contributed by atoms with Crippen LogP contribution < -0.4 is 10.6 Å². The highest BCUT2D eigenvalue weighted by Gasteiger charge is 2.32. The van der Waals surface area contributed by atoms with Gasteiger partial charge in [-0.2, -0.15) is 0 Å². The van der Waals surface area contributed by atoms with Crippen LogP contribution in [0.3, 0.4) is 0 Å². The molecule has 39 heavy (non-hydrogen) atoms. The fourth-order valence-corrected chi connectivity index (χ4v) is 4.50. The third kappa shape index (κ3) is 7.55. The van der Waals surface area contributed by atoms with E-state index in [1.54, 1.807) is 16.0 Å². The Bertz CT molecular complexity index is 1260. The number of hydrogen-bond donors (Lipinski definition) is 2. The lowest BCUT2D eigenvalue weighted by molar-refractivity contribution is -0.136. The maximum absolute atomic E-state index is 13.8. The number of benzene rings is 3. The van der Waals surface area contributed by atoms with Crippen LogP contribution in [0.4, 0.5) is 4.79 Å². The molecular formula is C31H35N5O3. The highest BCUT2D eigenvalue weighted by Crippen LogP contribution is 2.20. The molecule has 3 aromatic rings. The predicted molar refractivity (Wildman–Crippen MR) is 151 cm³/mol. The summed E-state index contributed by atoms with van der Waals surface area (Å²) in [4.78, 5) is 42.1. The molecule has 1 fully saturated rings. The van der Waals surface area contributed by atoms with Gasteiger partial charge in [-0.05, 0) is 23.6 Å². The van der Waals surface area contributed by atoms with Crippen molar-refractivity contribution in [1.82, 2.24) is 25.6 Å². The van der Waals surface area contributed by atoms with Crippen molar-refractivity contribution < 1.29 is 14.4 Å². The van der Waals surface area contributed by atoms with Gasteiger partial charge in [-0.25, -0.2) is 9.80 Å². The molecule has 0 aliphatic carbocycles. The third-order valence-corrected chi connectivity index (χ3v) is 6.61. The molecule has 202 valence electrons. The molecule has 8 heteroatoms. The number of carbonyl (C=O) groups excluding carboxylic acids is 3. The monoisotopic (exact) mass is 525 g/mol. The van der Waals surface area contributed by atoms with Gasteiger partial charge in [-0.1, -0.05) is 96.6 Å². The van der Waals surface area contributed by atoms with Crippen LogP contribution in [0.15, 0.2) is 97.6 Å². The van der Waals surface area contributed by atoms with Crippen LogP contribution in [-0.2, 0) is 22.7 Å². The van der Waals surface area contributed by atoms with Crippen molar-refractivity contribution in [3.8, 4) is 0 Å². The van der Waals surface area contributed by atoms with Crippen LogP contribution in [0.25, 0.3) is 0 Å². The molecular weight excluding hydrogens is 490 g/mol. The SMILES string of the molecule is C=CCN(C(=O)NCc1ccccc1)N1CCN(Cc2ccc(C)cc2)C(=O)[C@H](c2ccccc2)NC(=O)C1. The number of aryl methyl sites for hydroxylation is 1. The Kier molecular flexibility index (Phi) is 9.48. The molecule has 1 atom stereocenters. The molecule has 2 N–H and O–H groups in total. The Morgan fingerprint density at radius 3 is 2.31 bits per heavy atom. The van der Waals surface area contributed by atoms with Gasteiger partial charge >= 0.3 is 6.03 Å². The number of nitrogens with zero attached hydrogens (tertiary/aromatic N) is 3. The van der Waals surface area contributed by atoms with E-state index in [1.807, 2.05) is 91.9 Å². The summed E-state index contributed by atoms with van der Waals surface area (Å²) in [6.07, 6.45) is 1.62. The van der Waals surface area contributed by atoms with Gasteiger partial charge < -0.3 is 15.5 Å². The van der Waals surface area contributed by atoms with Gasteiger partial charge in [0, 0.05) is 26.2 Å². The average molecular weight is 526 g/mol. The van der Waals surface area contributed by atoms with Crippen LogP contribution in [0.1, 0.15) is 28.3 Å². The van der Waals surface area contributed by atoms with E-state index in [0.29, 0.717) is 31.7 Å². The summed E-state index contributed by atoms with van der Waals surface area (Å²) in [5, 5.41) is 9.01. The van der Waals surface area contributed by atoms with Gasteiger partial charge in [0.05, 0.1) is 13.1 Å². The van der Waals surface area contributed by atoms with E-state index in [2.05, 4.69) is 17.2 Å². The summed E-state index contributed by atoms with van der Waals surface area (Å²) in [5.41, 5.74) is 3.80. The fraction of sp³-hybridized carbons (Fsp3) is 0.258. The normalized spacial score (nSPS) is 16.4. The molecule has 4 amide bonds. The largest absolute Gasteiger partial charge is 0.339 e. The van der Waals surface area contributed by atoms with Gasteiger partial charge in [0.15, 0.2) is 0 Å². The Morgan fingerprint density at radius 1 is 0.974 bits per heavy atom. The first-order valence-electron chi connectivity index (χ1n) is 13.1. The molecule has 1 saturated heterocycles. The summed E-state index contributed by atoms with van der Waals surface area (Å²) in [6, 6.07) is 25.7. The van der Waals surface area contributed by atoms with E-state index >= 15 is 0 Å². The number of urea groups is 1. The van der Waals surface area contributed by atoms with Crippen LogP contribution in [0.5, 0.6) is 0 Å². The van der Waals surface area contributed by atoms with Crippen molar-refractivity contribution in [3.05, 3.63) is 120 Å². The first kappa shape index (κ1) is 27.6. The molecule has 0 aromatic heterocycles. The quantitative estimate of drug-likeness (QED) is 0.438. The van der Waals surface area contributed by atoms with Crippen molar-refractivity contribution in [1.29, 1.82) is 0 Å². The fourth-order valence-electron chi connectivity index (χ4n) is 4.50. The Morgan fingerprint density at radius 2 is 1.64 bits per heavy atom. The van der Waals surface area contributed by atoms with Crippen LogP contribution in [-0.4, -0.2) is 58.9 Å². The summed E-state index contributed by atoms with van der Waals surface area (Å²) >= 11 is 0. The zero-order valence-corrected chi connectivity index (χ0v) is 22.3. The standard InChI is InChI=1S/C31H35N5O3/c1-3-18-36(31(39)32-21-25-10-6-4-7-11-25)35-20-19-34(22-26-16-14-24(2)15-17-26)30(38)29(33-28(37)23-35)27-12-8-5-9-13-27/h3-17,29H,1,18-23H2,2H3,(H,32,39)(H,33,37)/t29-/m0/s1. The maximum atomic E-state index is 13.8. The molecule has 1 aliphatic rings. The second-order valence-electron chi connectivity index (χ2n) is 9.56. The van der Waals surface area contributed by atoms with E-state index in [1.165, 1.54) is 5.01 Å². The number of hydrazine groups is 1. The van der Waals surface area contributed by atoms with E-state index in [0.717, 1.165) is 16.7 Å². The predicted octanol–water partition coefficient (Wildman–Crippen LogP) is 3.81. The Hall–Kier alpha value is -4.43. The molecule has 0 unspecified atom stereocenters. The Balaban J connectivity index is 1.58. The average Bonchev–Trinajstić information content (AvgIpc) is 3.01. The number of nitrogens with one attached hydrogen (secondary N) is 2. The van der Waals surface area contributed by atoms with Crippen molar-refractivity contribution in [2.24, 2.45) is 0 Å². The zero-order chi connectivity index (χ0) is 27.6. The van der Waals surface area contributed by atoms with Crippen LogP contribution >= 0.6 is 0 Å². The van der Waals surface area contributed by atoms with Crippen molar-refractivity contribution in [2.45, 2.75) is 26.1 Å². The second-order valence-corrected chi connectivity index (χ2v) is 9.56. The summed E-state index contributed by atoms with van der Waals surface area (Å²) in [7, 11) is 0. The number of carbonyl (C=O) groups is 3. The lowest BCUT2D eigenvalue weighted by Crippen LogP contribution is -2.54.